The van der Waals surface area contributed by atoms with Crippen molar-refractivity contribution in [3.8, 4) is 11.4 Å². The third kappa shape index (κ3) is 3.14. The van der Waals surface area contributed by atoms with Crippen molar-refractivity contribution in [3.05, 3.63) is 28.9 Å². The number of hydrogen-bond acceptors (Lipinski definition) is 5. The van der Waals surface area contributed by atoms with Crippen molar-refractivity contribution in [3.63, 3.8) is 0 Å². The van der Waals surface area contributed by atoms with Crippen LogP contribution in [0.2, 0.25) is 0 Å². The van der Waals surface area contributed by atoms with Crippen LogP contribution in [0.25, 0.3) is 17.5 Å². The molecule has 0 amide bonds. The summed E-state index contributed by atoms with van der Waals surface area (Å²) < 4.78 is 14.3. The van der Waals surface area contributed by atoms with Crippen molar-refractivity contribution < 1.29 is 4.39 Å². The topological polar surface area (TPSA) is 83.2 Å². The molecule has 8 heteroatoms. The maximum absolute atomic E-state index is 14.3. The largest absolute Gasteiger partial charge is 0.346 e. The van der Waals surface area contributed by atoms with E-state index in [0.717, 1.165) is 42.0 Å². The van der Waals surface area contributed by atoms with Gasteiger partial charge in [-0.3, -0.25) is 10.0 Å². The zero-order chi connectivity index (χ0) is 17.4. The fraction of sp³-hybridized carbons (Fsp3) is 0.471. The molecule has 25 heavy (non-hydrogen) atoms. The highest BCUT2D eigenvalue weighted by molar-refractivity contribution is 6.24. The van der Waals surface area contributed by atoms with Crippen LogP contribution in [0, 0.1) is 5.82 Å². The van der Waals surface area contributed by atoms with Gasteiger partial charge in [0.2, 0.25) is 0 Å². The lowest BCUT2D eigenvalue weighted by molar-refractivity contribution is 0.411. The van der Waals surface area contributed by atoms with Gasteiger partial charge >= 0.3 is 0 Å². The van der Waals surface area contributed by atoms with E-state index in [1.807, 2.05) is 6.08 Å². The molecule has 1 aliphatic heterocycles. The summed E-state index contributed by atoms with van der Waals surface area (Å²) in [4.78, 5) is 16.0. The number of hydrazine groups is 1. The Balaban J connectivity index is 1.74. The molecule has 3 heterocycles. The van der Waals surface area contributed by atoms with Gasteiger partial charge in [-0.25, -0.2) is 20.2 Å². The van der Waals surface area contributed by atoms with E-state index in [9.17, 15) is 4.39 Å². The summed E-state index contributed by atoms with van der Waals surface area (Å²) in [6, 6.07) is 0.111. The third-order valence-electron chi connectivity index (χ3n) is 4.85. The van der Waals surface area contributed by atoms with Gasteiger partial charge in [-0.1, -0.05) is 25.3 Å². The van der Waals surface area contributed by atoms with Crippen LogP contribution in [0.3, 0.4) is 0 Å². The molecule has 2 aliphatic rings. The van der Waals surface area contributed by atoms with E-state index in [1.54, 1.807) is 6.20 Å². The van der Waals surface area contributed by atoms with Crippen molar-refractivity contribution in [1.82, 2.24) is 15.0 Å². The Morgan fingerprint density at radius 2 is 2.08 bits per heavy atom. The summed E-state index contributed by atoms with van der Waals surface area (Å²) in [5.41, 5.74) is 1.50. The number of halogens is 2. The normalized spacial score (nSPS) is 20.5. The molecule has 3 N–H and O–H groups in total. The highest BCUT2D eigenvalue weighted by Crippen LogP contribution is 2.26. The summed E-state index contributed by atoms with van der Waals surface area (Å²) in [6.07, 6.45) is 10.2. The smallest absolute Gasteiger partial charge is 0.185 e. The second-order valence-corrected chi connectivity index (χ2v) is 7.11. The number of aromatic amines is 1. The standard InChI is InChI=1S/C17H20ClFN6/c18-10-6-12-13(8-22-15(12)21-7-10)16-23-9-14(19)17(24-16)25(20)11-4-2-1-3-5-11/h6,8-11H,1-5,7,20H2,(H,21,22). The van der Waals surface area contributed by atoms with Crippen molar-refractivity contribution in [2.75, 3.05) is 11.6 Å². The monoisotopic (exact) mass is 362 g/mol. The molecule has 0 aromatic carbocycles. The SMILES string of the molecule is NN(c1nc(-c2c[nH]c3c2=CC(Cl)CN=3)ncc1F)C1CCCCC1. The number of rotatable bonds is 3. The first-order chi connectivity index (χ1) is 12.1. The Kier molecular flexibility index (Phi) is 4.43. The Morgan fingerprint density at radius 1 is 1.28 bits per heavy atom. The lowest BCUT2D eigenvalue weighted by atomic mass is 9.95. The van der Waals surface area contributed by atoms with Crippen LogP contribution < -0.4 is 21.6 Å². The minimum atomic E-state index is -0.509. The molecule has 4 rings (SSSR count). The summed E-state index contributed by atoms with van der Waals surface area (Å²) in [7, 11) is 0. The predicted molar refractivity (Wildman–Crippen MR) is 95.1 cm³/mol. The van der Waals surface area contributed by atoms with Crippen molar-refractivity contribution in [2.24, 2.45) is 10.8 Å². The van der Waals surface area contributed by atoms with Crippen LogP contribution in [-0.2, 0) is 0 Å². The van der Waals surface area contributed by atoms with Gasteiger partial charge in [0.25, 0.3) is 0 Å². The zero-order valence-corrected chi connectivity index (χ0v) is 14.5. The van der Waals surface area contributed by atoms with Crippen LogP contribution in [0.5, 0.6) is 0 Å². The number of fused-ring (bicyclic) bond motifs is 1. The quantitative estimate of drug-likeness (QED) is 0.494. The minimum Gasteiger partial charge on any atom is -0.346 e. The van der Waals surface area contributed by atoms with Crippen molar-refractivity contribution in [1.29, 1.82) is 0 Å². The fourth-order valence-electron chi connectivity index (χ4n) is 3.52. The lowest BCUT2D eigenvalue weighted by Crippen LogP contribution is -2.43. The van der Waals surface area contributed by atoms with Crippen LogP contribution >= 0.6 is 11.6 Å². The summed E-state index contributed by atoms with van der Waals surface area (Å²) in [6.45, 7) is 0.530. The molecule has 6 nitrogen and oxygen atoms in total. The molecule has 132 valence electrons. The first-order valence-corrected chi connectivity index (χ1v) is 9.02. The molecular formula is C17H20ClFN6. The van der Waals surface area contributed by atoms with Crippen molar-refractivity contribution >= 4 is 23.5 Å². The maximum Gasteiger partial charge on any atom is 0.185 e. The molecule has 0 bridgehead atoms. The molecular weight excluding hydrogens is 343 g/mol. The van der Waals surface area contributed by atoms with Crippen molar-refractivity contribution in [2.45, 2.75) is 43.5 Å². The van der Waals surface area contributed by atoms with Gasteiger partial charge in [-0.15, -0.1) is 11.6 Å². The molecule has 1 atom stereocenters. The second kappa shape index (κ2) is 6.72. The number of anilines is 1. The predicted octanol–water partition coefficient (Wildman–Crippen LogP) is 1.64. The number of aromatic nitrogens is 3. The Labute approximate surface area is 149 Å². The molecule has 1 fully saturated rings. The van der Waals surface area contributed by atoms with E-state index in [1.165, 1.54) is 17.6 Å². The molecule has 0 radical (unpaired) electrons. The molecule has 0 spiro atoms. The number of nitrogens with zero attached hydrogens (tertiary/aromatic N) is 4. The lowest BCUT2D eigenvalue weighted by Gasteiger charge is -2.31. The number of hydrogen-bond donors (Lipinski definition) is 2. The molecule has 1 saturated carbocycles. The van der Waals surface area contributed by atoms with E-state index >= 15 is 0 Å². The molecule has 1 unspecified atom stereocenters. The summed E-state index contributed by atoms with van der Waals surface area (Å²) in [5, 5.41) is 2.15. The van der Waals surface area contributed by atoms with E-state index in [0.29, 0.717) is 12.4 Å². The average Bonchev–Trinajstić information content (AvgIpc) is 3.05. The first kappa shape index (κ1) is 16.5. The van der Waals surface area contributed by atoms with Crippen LogP contribution in [0.15, 0.2) is 17.4 Å². The van der Waals surface area contributed by atoms with Crippen LogP contribution in [0.4, 0.5) is 10.2 Å². The van der Waals surface area contributed by atoms with E-state index < -0.39 is 5.82 Å². The Morgan fingerprint density at radius 3 is 2.88 bits per heavy atom. The second-order valence-electron chi connectivity index (χ2n) is 6.55. The molecule has 2 aromatic heterocycles. The molecule has 1 aliphatic carbocycles. The minimum absolute atomic E-state index is 0.111. The van der Waals surface area contributed by atoms with Gasteiger partial charge in [0.1, 0.15) is 5.49 Å². The number of nitrogens with one attached hydrogen (secondary N) is 1. The fourth-order valence-corrected chi connectivity index (χ4v) is 3.72. The van der Waals surface area contributed by atoms with Crippen LogP contribution in [-0.4, -0.2) is 32.9 Å². The van der Waals surface area contributed by atoms with E-state index in [4.69, 9.17) is 17.4 Å². The maximum atomic E-state index is 14.3. The van der Waals surface area contributed by atoms with Crippen LogP contribution in [0.1, 0.15) is 32.1 Å². The number of nitrogens with two attached hydrogens (primary N) is 1. The third-order valence-corrected chi connectivity index (χ3v) is 5.11. The highest BCUT2D eigenvalue weighted by Gasteiger charge is 2.24. The number of H-pyrrole nitrogens is 1. The Hall–Kier alpha value is -1.99. The summed E-state index contributed by atoms with van der Waals surface area (Å²) in [5.74, 6) is 6.25. The molecule has 0 saturated heterocycles. The van der Waals surface area contributed by atoms with Gasteiger partial charge in [0.05, 0.1) is 18.1 Å². The molecule has 2 aromatic rings. The Bertz CT molecular complexity index is 889. The van der Waals surface area contributed by atoms with Gasteiger partial charge in [-0.2, -0.15) is 0 Å². The van der Waals surface area contributed by atoms with Gasteiger partial charge in [-0.05, 0) is 12.8 Å². The van der Waals surface area contributed by atoms with E-state index in [-0.39, 0.29) is 17.2 Å². The van der Waals surface area contributed by atoms with Gasteiger partial charge in [0.15, 0.2) is 17.5 Å². The van der Waals surface area contributed by atoms with Gasteiger partial charge < -0.3 is 4.98 Å². The first-order valence-electron chi connectivity index (χ1n) is 8.58. The zero-order valence-electron chi connectivity index (χ0n) is 13.8. The summed E-state index contributed by atoms with van der Waals surface area (Å²) >= 11 is 6.18. The van der Waals surface area contributed by atoms with Gasteiger partial charge in [0, 0.05) is 23.0 Å². The number of alkyl halides is 1. The van der Waals surface area contributed by atoms with E-state index in [2.05, 4.69) is 19.9 Å². The highest BCUT2D eigenvalue weighted by atomic mass is 35.5. The average molecular weight is 363 g/mol.